The lowest BCUT2D eigenvalue weighted by Gasteiger charge is -2.18. The van der Waals surface area contributed by atoms with Gasteiger partial charge in [0.1, 0.15) is 0 Å². The van der Waals surface area contributed by atoms with Crippen molar-refractivity contribution >= 4 is 31.6 Å². The number of nitrogens with zero attached hydrogens (tertiary/aromatic N) is 1. The van der Waals surface area contributed by atoms with Gasteiger partial charge in [0.15, 0.2) is 9.84 Å². The van der Waals surface area contributed by atoms with Crippen LogP contribution in [0.5, 0.6) is 0 Å². The molecule has 5 rings (SSSR count). The second kappa shape index (κ2) is 7.38. The lowest BCUT2D eigenvalue weighted by atomic mass is 9.89. The van der Waals surface area contributed by atoms with Crippen LogP contribution >= 0.6 is 0 Å². The third kappa shape index (κ3) is 3.00. The van der Waals surface area contributed by atoms with Gasteiger partial charge in [0.05, 0.1) is 4.90 Å². The second-order valence-corrected chi connectivity index (χ2v) is 10.4. The van der Waals surface area contributed by atoms with Crippen molar-refractivity contribution in [1.29, 1.82) is 0 Å². The molecule has 32 heavy (non-hydrogen) atoms. The summed E-state index contributed by atoms with van der Waals surface area (Å²) in [5, 5.41) is 2.16. The molecule has 0 saturated carbocycles. The molecule has 5 aromatic rings. The highest BCUT2D eigenvalue weighted by atomic mass is 32.2. The average Bonchev–Trinajstić information content (AvgIpc) is 3.30. The fourth-order valence-electron chi connectivity index (χ4n) is 5.02. The van der Waals surface area contributed by atoms with Gasteiger partial charge < -0.3 is 9.55 Å². The highest BCUT2D eigenvalue weighted by Crippen LogP contribution is 2.46. The van der Waals surface area contributed by atoms with Crippen LogP contribution in [0.2, 0.25) is 0 Å². The summed E-state index contributed by atoms with van der Waals surface area (Å²) in [5.74, 6) is 0. The van der Waals surface area contributed by atoms with Gasteiger partial charge in [0.25, 0.3) is 0 Å². The molecule has 2 aromatic heterocycles. The first kappa shape index (κ1) is 20.6. The van der Waals surface area contributed by atoms with Gasteiger partial charge in [0, 0.05) is 63.2 Å². The Morgan fingerprint density at radius 2 is 1.53 bits per heavy atom. The number of hydrogen-bond acceptors (Lipinski definition) is 2. The Morgan fingerprint density at radius 1 is 0.844 bits per heavy atom. The van der Waals surface area contributed by atoms with E-state index in [9.17, 15) is 8.42 Å². The van der Waals surface area contributed by atoms with Crippen LogP contribution in [0.1, 0.15) is 18.2 Å². The fraction of sp³-hybridized carbons (Fsp3) is 0.185. The second-order valence-electron chi connectivity index (χ2n) is 8.37. The van der Waals surface area contributed by atoms with E-state index in [1.54, 1.807) is 6.07 Å². The third-order valence-electron chi connectivity index (χ3n) is 6.43. The minimum atomic E-state index is -3.47. The maximum Gasteiger partial charge on any atom is 0.176 e. The molecule has 0 fully saturated rings. The summed E-state index contributed by atoms with van der Waals surface area (Å²) in [7, 11) is -3.47. The zero-order valence-corrected chi connectivity index (χ0v) is 19.5. The Balaban J connectivity index is 2.01. The first-order chi connectivity index (χ1) is 15.3. The maximum atomic E-state index is 13.0. The topological polar surface area (TPSA) is 54.9 Å². The minimum absolute atomic E-state index is 0.366. The number of hydrogen-bond donors (Lipinski definition) is 1. The third-order valence-corrected chi connectivity index (χ3v) is 7.57. The Hall–Kier alpha value is -3.31. The predicted octanol–water partition coefficient (Wildman–Crippen LogP) is 6.50. The lowest BCUT2D eigenvalue weighted by molar-refractivity contribution is 0.602. The normalized spacial score (nSPS) is 12.1. The molecule has 0 unspecified atom stereocenters. The average molecular weight is 443 g/mol. The molecule has 0 aliphatic heterocycles. The van der Waals surface area contributed by atoms with Crippen molar-refractivity contribution in [2.45, 2.75) is 32.2 Å². The van der Waals surface area contributed by atoms with E-state index < -0.39 is 9.84 Å². The van der Waals surface area contributed by atoms with Crippen LogP contribution in [0.3, 0.4) is 0 Å². The number of aromatic nitrogens is 2. The number of sulfone groups is 1. The molecule has 1 N–H and O–H groups in total. The molecule has 0 radical (unpaired) electrons. The number of rotatable bonds is 4. The molecular formula is C27H26N2O2S. The Morgan fingerprint density at radius 3 is 2.25 bits per heavy atom. The van der Waals surface area contributed by atoms with Crippen LogP contribution in [0.25, 0.3) is 44.1 Å². The highest BCUT2D eigenvalue weighted by molar-refractivity contribution is 7.90. The van der Waals surface area contributed by atoms with E-state index in [0.717, 1.165) is 61.9 Å². The van der Waals surface area contributed by atoms with Crippen molar-refractivity contribution in [3.8, 4) is 22.3 Å². The van der Waals surface area contributed by atoms with Gasteiger partial charge in [-0.2, -0.15) is 0 Å². The maximum absolute atomic E-state index is 13.0. The molecule has 0 aliphatic carbocycles. The summed E-state index contributed by atoms with van der Waals surface area (Å²) >= 11 is 0. The van der Waals surface area contributed by atoms with E-state index in [0.29, 0.717) is 4.90 Å². The smallest absolute Gasteiger partial charge is 0.176 e. The predicted molar refractivity (Wildman–Crippen MR) is 133 cm³/mol. The van der Waals surface area contributed by atoms with E-state index in [1.807, 2.05) is 42.6 Å². The summed E-state index contributed by atoms with van der Waals surface area (Å²) in [6.45, 7) is 7.08. The molecule has 0 amide bonds. The number of H-pyrrole nitrogens is 1. The fourth-order valence-corrected chi connectivity index (χ4v) is 5.91. The van der Waals surface area contributed by atoms with Crippen molar-refractivity contribution in [3.05, 3.63) is 78.1 Å². The Kier molecular flexibility index (Phi) is 4.75. The van der Waals surface area contributed by atoms with E-state index in [1.165, 1.54) is 6.26 Å². The summed E-state index contributed by atoms with van der Waals surface area (Å²) in [6.07, 6.45) is 3.30. The molecular weight excluding hydrogens is 416 g/mol. The first-order valence-electron chi connectivity index (χ1n) is 10.8. The zero-order valence-electron chi connectivity index (χ0n) is 18.7. The van der Waals surface area contributed by atoms with Crippen LogP contribution in [-0.2, 0) is 16.4 Å². The van der Waals surface area contributed by atoms with Gasteiger partial charge in [0.2, 0.25) is 0 Å². The van der Waals surface area contributed by atoms with Crippen molar-refractivity contribution in [2.75, 3.05) is 6.26 Å². The highest BCUT2D eigenvalue weighted by Gasteiger charge is 2.26. The lowest BCUT2D eigenvalue weighted by Crippen LogP contribution is -2.04. The Bertz CT molecular complexity index is 1600. The van der Waals surface area contributed by atoms with Crippen LogP contribution in [0, 0.1) is 13.8 Å². The van der Waals surface area contributed by atoms with Crippen molar-refractivity contribution in [3.63, 3.8) is 0 Å². The van der Waals surface area contributed by atoms with Crippen molar-refractivity contribution < 1.29 is 8.42 Å². The van der Waals surface area contributed by atoms with E-state index >= 15 is 0 Å². The van der Waals surface area contributed by atoms with Gasteiger partial charge in [-0.05, 0) is 50.1 Å². The van der Waals surface area contributed by atoms with E-state index in [2.05, 4.69) is 48.5 Å². The largest absolute Gasteiger partial charge is 0.361 e. The van der Waals surface area contributed by atoms with Crippen LogP contribution < -0.4 is 0 Å². The molecule has 162 valence electrons. The summed E-state index contributed by atoms with van der Waals surface area (Å²) in [6, 6.07) is 20.1. The molecule has 0 aliphatic rings. The number of fused-ring (bicyclic) bond motifs is 2. The first-order valence-corrected chi connectivity index (χ1v) is 12.7. The number of nitrogens with one attached hydrogen (secondary N) is 1. The van der Waals surface area contributed by atoms with Crippen molar-refractivity contribution in [2.24, 2.45) is 0 Å². The summed E-state index contributed by atoms with van der Waals surface area (Å²) < 4.78 is 28.3. The van der Waals surface area contributed by atoms with Gasteiger partial charge in [-0.3, -0.25) is 0 Å². The molecule has 2 heterocycles. The minimum Gasteiger partial charge on any atom is -0.361 e. The quantitative estimate of drug-likeness (QED) is 0.345. The Labute approximate surface area is 188 Å². The van der Waals surface area contributed by atoms with Gasteiger partial charge >= 0.3 is 0 Å². The van der Waals surface area contributed by atoms with Crippen LogP contribution in [-0.4, -0.2) is 24.2 Å². The number of aromatic amines is 1. The SMILES string of the molecule is CCn1c(C)c(-c2c(S(C)(=O)=O)ccc(C)c2-c2c[nH]c3ccccc23)c2ccccc21. The van der Waals surface area contributed by atoms with Crippen LogP contribution in [0.4, 0.5) is 0 Å². The standard InChI is InChI=1S/C27H26N2O2S/c1-5-29-18(3)26(20-11-7-9-13-23(20)29)27-24(32(4,30)31)15-14-17(2)25(27)21-16-28-22-12-8-6-10-19(21)22/h6-16,28H,5H2,1-4H3. The van der Waals surface area contributed by atoms with Crippen molar-refractivity contribution in [1.82, 2.24) is 9.55 Å². The molecule has 3 aromatic carbocycles. The number of aryl methyl sites for hydroxylation is 2. The summed E-state index contributed by atoms with van der Waals surface area (Å²) in [5.41, 5.74) is 8.04. The van der Waals surface area contributed by atoms with Gasteiger partial charge in [-0.15, -0.1) is 0 Å². The molecule has 4 nitrogen and oxygen atoms in total. The molecule has 0 atom stereocenters. The molecule has 0 bridgehead atoms. The molecule has 5 heteroatoms. The van der Waals surface area contributed by atoms with Gasteiger partial charge in [-0.1, -0.05) is 42.5 Å². The van der Waals surface area contributed by atoms with Gasteiger partial charge in [-0.25, -0.2) is 8.42 Å². The zero-order chi connectivity index (χ0) is 22.6. The molecule has 0 spiro atoms. The van der Waals surface area contributed by atoms with Crippen LogP contribution in [0.15, 0.2) is 71.8 Å². The number of benzene rings is 3. The molecule has 0 saturated heterocycles. The van der Waals surface area contributed by atoms with E-state index in [-0.39, 0.29) is 0 Å². The number of para-hydroxylation sites is 2. The monoisotopic (exact) mass is 442 g/mol. The van der Waals surface area contributed by atoms with E-state index in [4.69, 9.17) is 0 Å². The summed E-state index contributed by atoms with van der Waals surface area (Å²) in [4.78, 5) is 3.73.